The van der Waals surface area contributed by atoms with Crippen molar-refractivity contribution < 1.29 is 9.59 Å². The summed E-state index contributed by atoms with van der Waals surface area (Å²) in [6.07, 6.45) is 2.21. The van der Waals surface area contributed by atoms with Crippen molar-refractivity contribution in [1.82, 2.24) is 16.0 Å². The minimum atomic E-state index is -0.0678. The Morgan fingerprint density at radius 3 is 2.95 bits per heavy atom. The zero-order valence-electron chi connectivity index (χ0n) is 12.8. The quantitative estimate of drug-likeness (QED) is 0.688. The van der Waals surface area contributed by atoms with Gasteiger partial charge in [0.05, 0.1) is 0 Å². The van der Waals surface area contributed by atoms with Gasteiger partial charge < -0.3 is 16.0 Å². The maximum atomic E-state index is 11.9. The van der Waals surface area contributed by atoms with Crippen LogP contribution in [0.25, 0.3) is 0 Å². The molecule has 2 amide bonds. The molecule has 0 saturated carbocycles. The van der Waals surface area contributed by atoms with Gasteiger partial charge in [0.15, 0.2) is 0 Å². The van der Waals surface area contributed by atoms with Crippen molar-refractivity contribution in [3.63, 3.8) is 0 Å². The SMILES string of the molecule is CC1CCNCC1NC(=O)CCCNC(=O)c1ccsc1.Cl. The molecule has 1 aromatic rings. The molecule has 0 aliphatic carbocycles. The molecule has 124 valence electrons. The predicted molar refractivity (Wildman–Crippen MR) is 91.7 cm³/mol. The van der Waals surface area contributed by atoms with Crippen molar-refractivity contribution in [2.75, 3.05) is 19.6 Å². The molecule has 0 radical (unpaired) electrons. The molecule has 0 aromatic carbocycles. The maximum absolute atomic E-state index is 11.9. The lowest BCUT2D eigenvalue weighted by molar-refractivity contribution is -0.122. The molecule has 1 aliphatic rings. The van der Waals surface area contributed by atoms with Crippen LogP contribution in [-0.2, 0) is 4.79 Å². The second-order valence-electron chi connectivity index (χ2n) is 5.52. The molecule has 0 spiro atoms. The fraction of sp³-hybridized carbons (Fsp3) is 0.600. The maximum Gasteiger partial charge on any atom is 0.252 e. The summed E-state index contributed by atoms with van der Waals surface area (Å²) in [5, 5.41) is 12.9. The molecule has 3 N–H and O–H groups in total. The van der Waals surface area contributed by atoms with E-state index in [1.165, 1.54) is 11.3 Å². The number of nitrogens with one attached hydrogen (secondary N) is 3. The summed E-state index contributed by atoms with van der Waals surface area (Å²) >= 11 is 1.50. The van der Waals surface area contributed by atoms with Crippen LogP contribution in [0.3, 0.4) is 0 Å². The highest BCUT2D eigenvalue weighted by Crippen LogP contribution is 2.11. The second-order valence-corrected chi connectivity index (χ2v) is 6.30. The van der Waals surface area contributed by atoms with Crippen molar-refractivity contribution in [3.05, 3.63) is 22.4 Å². The van der Waals surface area contributed by atoms with Crippen LogP contribution in [0.5, 0.6) is 0 Å². The molecule has 1 saturated heterocycles. The molecule has 2 rings (SSSR count). The Morgan fingerprint density at radius 2 is 2.27 bits per heavy atom. The van der Waals surface area contributed by atoms with Crippen LogP contribution in [0.15, 0.2) is 16.8 Å². The first-order valence-corrected chi connectivity index (χ1v) is 8.41. The Labute approximate surface area is 141 Å². The van der Waals surface area contributed by atoms with Crippen LogP contribution in [0.4, 0.5) is 0 Å². The lowest BCUT2D eigenvalue weighted by atomic mass is 9.95. The third-order valence-electron chi connectivity index (χ3n) is 3.82. The zero-order valence-corrected chi connectivity index (χ0v) is 14.4. The van der Waals surface area contributed by atoms with Gasteiger partial charge in [-0.25, -0.2) is 0 Å². The van der Waals surface area contributed by atoms with Gasteiger partial charge in [0.1, 0.15) is 0 Å². The van der Waals surface area contributed by atoms with Crippen molar-refractivity contribution in [2.45, 2.75) is 32.2 Å². The van der Waals surface area contributed by atoms with E-state index in [2.05, 4.69) is 22.9 Å². The number of rotatable bonds is 6. The molecule has 2 atom stereocenters. The zero-order chi connectivity index (χ0) is 15.1. The predicted octanol–water partition coefficient (Wildman–Crippen LogP) is 1.79. The van der Waals surface area contributed by atoms with Crippen LogP contribution in [0.1, 0.15) is 36.5 Å². The molecular formula is C15H24ClN3O2S. The molecule has 22 heavy (non-hydrogen) atoms. The Bertz CT molecular complexity index is 467. The second kappa shape index (κ2) is 9.82. The number of hydrogen-bond donors (Lipinski definition) is 3. The van der Waals surface area contributed by atoms with Gasteiger partial charge in [-0.3, -0.25) is 9.59 Å². The first kappa shape index (κ1) is 18.9. The van der Waals surface area contributed by atoms with Gasteiger partial charge in [0.2, 0.25) is 5.91 Å². The van der Waals surface area contributed by atoms with Crippen LogP contribution >= 0.6 is 23.7 Å². The highest BCUT2D eigenvalue weighted by molar-refractivity contribution is 7.08. The van der Waals surface area contributed by atoms with E-state index < -0.39 is 0 Å². The number of amides is 2. The van der Waals surface area contributed by atoms with Crippen molar-refractivity contribution in [2.24, 2.45) is 5.92 Å². The average Bonchev–Trinajstić information content (AvgIpc) is 3.00. The van der Waals surface area contributed by atoms with Crippen molar-refractivity contribution >= 4 is 35.6 Å². The summed E-state index contributed by atoms with van der Waals surface area (Å²) in [4.78, 5) is 23.6. The lowest BCUT2D eigenvalue weighted by Crippen LogP contribution is -2.50. The van der Waals surface area contributed by atoms with E-state index in [0.29, 0.717) is 30.9 Å². The van der Waals surface area contributed by atoms with E-state index in [4.69, 9.17) is 0 Å². The Hall–Kier alpha value is -1.11. The minimum Gasteiger partial charge on any atom is -0.352 e. The summed E-state index contributed by atoms with van der Waals surface area (Å²) in [5.74, 6) is 0.524. The molecule has 0 bridgehead atoms. The fourth-order valence-corrected chi connectivity index (χ4v) is 3.04. The first-order chi connectivity index (χ1) is 10.2. The number of carbonyl (C=O) groups excluding carboxylic acids is 2. The van der Waals surface area contributed by atoms with Crippen molar-refractivity contribution in [1.29, 1.82) is 0 Å². The molecule has 1 aliphatic heterocycles. The fourth-order valence-electron chi connectivity index (χ4n) is 2.41. The number of thiophene rings is 1. The third kappa shape index (κ3) is 5.94. The van der Waals surface area contributed by atoms with E-state index in [9.17, 15) is 9.59 Å². The topological polar surface area (TPSA) is 70.2 Å². The summed E-state index contributed by atoms with van der Waals surface area (Å²) in [5.41, 5.74) is 0.687. The van der Waals surface area contributed by atoms with Crippen LogP contribution < -0.4 is 16.0 Å². The van der Waals surface area contributed by atoms with E-state index in [-0.39, 0.29) is 30.3 Å². The first-order valence-electron chi connectivity index (χ1n) is 7.47. The molecular weight excluding hydrogens is 322 g/mol. The highest BCUT2D eigenvalue weighted by Gasteiger charge is 2.22. The van der Waals surface area contributed by atoms with E-state index in [1.54, 1.807) is 6.07 Å². The number of hydrogen-bond acceptors (Lipinski definition) is 4. The molecule has 1 aromatic heterocycles. The van der Waals surface area contributed by atoms with Gasteiger partial charge >= 0.3 is 0 Å². The molecule has 1 fully saturated rings. The van der Waals surface area contributed by atoms with Gasteiger partial charge in [-0.15, -0.1) is 12.4 Å². The van der Waals surface area contributed by atoms with Gasteiger partial charge in [-0.05, 0) is 36.8 Å². The highest BCUT2D eigenvalue weighted by atomic mass is 35.5. The van der Waals surface area contributed by atoms with Crippen LogP contribution in [0.2, 0.25) is 0 Å². The standard InChI is InChI=1S/C15H23N3O2S.ClH/c1-11-4-7-16-9-13(11)18-14(19)3-2-6-17-15(20)12-5-8-21-10-12;/h5,8,10-11,13,16H,2-4,6-7,9H2,1H3,(H,17,20)(H,18,19);1H. The number of piperidine rings is 1. The number of carbonyl (C=O) groups is 2. The van der Waals surface area contributed by atoms with Gasteiger partial charge in [-0.1, -0.05) is 6.92 Å². The minimum absolute atomic E-state index is 0. The van der Waals surface area contributed by atoms with Crippen LogP contribution in [0, 0.1) is 5.92 Å². The molecule has 2 unspecified atom stereocenters. The largest absolute Gasteiger partial charge is 0.352 e. The van der Waals surface area contributed by atoms with Gasteiger partial charge in [0, 0.05) is 36.5 Å². The molecule has 2 heterocycles. The summed E-state index contributed by atoms with van der Waals surface area (Å²) in [7, 11) is 0. The Balaban J connectivity index is 0.00000242. The summed E-state index contributed by atoms with van der Waals surface area (Å²) in [6.45, 7) is 4.58. The monoisotopic (exact) mass is 345 g/mol. The van der Waals surface area contributed by atoms with E-state index in [1.807, 2.05) is 10.8 Å². The Kier molecular flexibility index (Phi) is 8.45. The molecule has 5 nitrogen and oxygen atoms in total. The average molecular weight is 346 g/mol. The lowest BCUT2D eigenvalue weighted by Gasteiger charge is -2.30. The number of halogens is 1. The van der Waals surface area contributed by atoms with Crippen molar-refractivity contribution in [3.8, 4) is 0 Å². The smallest absolute Gasteiger partial charge is 0.252 e. The third-order valence-corrected chi connectivity index (χ3v) is 4.51. The normalized spacial score (nSPS) is 20.8. The summed E-state index contributed by atoms with van der Waals surface area (Å²) in [6, 6.07) is 2.02. The van der Waals surface area contributed by atoms with Gasteiger partial charge in [0.25, 0.3) is 5.91 Å². The van der Waals surface area contributed by atoms with Gasteiger partial charge in [-0.2, -0.15) is 11.3 Å². The molecule has 7 heteroatoms. The van der Waals surface area contributed by atoms with E-state index in [0.717, 1.165) is 19.5 Å². The van der Waals surface area contributed by atoms with E-state index >= 15 is 0 Å². The Morgan fingerprint density at radius 1 is 1.45 bits per heavy atom. The van der Waals surface area contributed by atoms with Crippen LogP contribution in [-0.4, -0.2) is 37.5 Å². The summed E-state index contributed by atoms with van der Waals surface area (Å²) < 4.78 is 0.